The lowest BCUT2D eigenvalue weighted by atomic mass is 9.85. The fourth-order valence-electron chi connectivity index (χ4n) is 3.02. The number of rotatable bonds is 4. The molecular formula is C13H25ClN2O. The van der Waals surface area contributed by atoms with E-state index in [9.17, 15) is 4.79 Å². The first-order chi connectivity index (χ1) is 7.66. The van der Waals surface area contributed by atoms with Crippen molar-refractivity contribution in [1.29, 1.82) is 0 Å². The third-order valence-electron chi connectivity index (χ3n) is 3.95. The Morgan fingerprint density at radius 3 is 2.59 bits per heavy atom. The quantitative estimate of drug-likeness (QED) is 0.815. The average Bonchev–Trinajstić information content (AvgIpc) is 2.97. The van der Waals surface area contributed by atoms with Crippen molar-refractivity contribution in [2.45, 2.75) is 64.0 Å². The molecule has 3 atom stereocenters. The molecule has 1 amide bonds. The van der Waals surface area contributed by atoms with Crippen molar-refractivity contribution in [1.82, 2.24) is 5.32 Å². The molecule has 2 fully saturated rings. The highest BCUT2D eigenvalue weighted by Crippen LogP contribution is 2.44. The predicted octanol–water partition coefficient (Wildman–Crippen LogP) is 2.23. The Morgan fingerprint density at radius 1 is 1.35 bits per heavy atom. The Hall–Kier alpha value is -0.280. The molecule has 0 aliphatic heterocycles. The Bertz CT molecular complexity index is 252. The molecule has 0 spiro atoms. The Labute approximate surface area is 110 Å². The zero-order valence-corrected chi connectivity index (χ0v) is 11.5. The summed E-state index contributed by atoms with van der Waals surface area (Å²) in [5, 5.41) is 3.11. The van der Waals surface area contributed by atoms with E-state index in [4.69, 9.17) is 5.73 Å². The minimum absolute atomic E-state index is 0. The highest BCUT2D eigenvalue weighted by molar-refractivity contribution is 5.85. The van der Waals surface area contributed by atoms with Crippen molar-refractivity contribution in [3.05, 3.63) is 0 Å². The van der Waals surface area contributed by atoms with Crippen LogP contribution in [0.2, 0.25) is 0 Å². The fraction of sp³-hybridized carbons (Fsp3) is 0.923. The van der Waals surface area contributed by atoms with Gasteiger partial charge in [-0.1, -0.05) is 32.1 Å². The normalized spacial score (nSPS) is 30.2. The lowest BCUT2D eigenvalue weighted by Crippen LogP contribution is -2.32. The van der Waals surface area contributed by atoms with Gasteiger partial charge in [-0.05, 0) is 25.2 Å². The van der Waals surface area contributed by atoms with Crippen molar-refractivity contribution in [3.63, 3.8) is 0 Å². The van der Waals surface area contributed by atoms with Crippen LogP contribution >= 0.6 is 12.4 Å². The minimum atomic E-state index is -0.0214. The van der Waals surface area contributed by atoms with Gasteiger partial charge in [-0.15, -0.1) is 12.4 Å². The molecule has 0 heterocycles. The van der Waals surface area contributed by atoms with Crippen LogP contribution in [0.3, 0.4) is 0 Å². The minimum Gasteiger partial charge on any atom is -0.353 e. The molecule has 3 N–H and O–H groups in total. The molecule has 0 aromatic rings. The van der Waals surface area contributed by atoms with E-state index in [0.717, 1.165) is 11.8 Å². The monoisotopic (exact) mass is 260 g/mol. The molecule has 3 unspecified atom stereocenters. The summed E-state index contributed by atoms with van der Waals surface area (Å²) in [5.41, 5.74) is 5.61. The number of amides is 1. The number of halogens is 1. The van der Waals surface area contributed by atoms with Crippen molar-refractivity contribution in [3.8, 4) is 0 Å². The van der Waals surface area contributed by atoms with Gasteiger partial charge in [0.05, 0.1) is 0 Å². The van der Waals surface area contributed by atoms with Gasteiger partial charge in [-0.2, -0.15) is 0 Å². The van der Waals surface area contributed by atoms with Crippen LogP contribution < -0.4 is 11.1 Å². The van der Waals surface area contributed by atoms with Crippen LogP contribution in [0, 0.1) is 11.8 Å². The van der Waals surface area contributed by atoms with Gasteiger partial charge >= 0.3 is 0 Å². The second kappa shape index (κ2) is 6.60. The SMILES string of the molecule is CC(N)CC(=O)NC1CC1C1CCCCC1.Cl. The molecule has 100 valence electrons. The smallest absolute Gasteiger partial charge is 0.221 e. The van der Waals surface area contributed by atoms with Gasteiger partial charge in [-0.3, -0.25) is 4.79 Å². The molecule has 4 heteroatoms. The maximum atomic E-state index is 11.5. The van der Waals surface area contributed by atoms with Gasteiger partial charge in [0.25, 0.3) is 0 Å². The summed E-state index contributed by atoms with van der Waals surface area (Å²) in [7, 11) is 0. The number of nitrogens with one attached hydrogen (secondary N) is 1. The maximum absolute atomic E-state index is 11.5. The molecule has 0 aromatic carbocycles. The van der Waals surface area contributed by atoms with Crippen LogP contribution in [0.15, 0.2) is 0 Å². The first-order valence-corrected chi connectivity index (χ1v) is 6.71. The fourth-order valence-corrected chi connectivity index (χ4v) is 3.02. The lowest BCUT2D eigenvalue weighted by molar-refractivity contribution is -0.121. The summed E-state index contributed by atoms with van der Waals surface area (Å²) in [6, 6.07) is 0.446. The van der Waals surface area contributed by atoms with Crippen molar-refractivity contribution in [2.75, 3.05) is 0 Å². The van der Waals surface area contributed by atoms with E-state index in [0.29, 0.717) is 12.5 Å². The summed E-state index contributed by atoms with van der Waals surface area (Å²) in [4.78, 5) is 11.5. The highest BCUT2D eigenvalue weighted by atomic mass is 35.5. The molecule has 2 saturated carbocycles. The van der Waals surface area contributed by atoms with Crippen molar-refractivity contribution in [2.24, 2.45) is 17.6 Å². The summed E-state index contributed by atoms with van der Waals surface area (Å²) in [6.07, 6.45) is 8.62. The van der Waals surface area contributed by atoms with Crippen molar-refractivity contribution >= 4 is 18.3 Å². The lowest BCUT2D eigenvalue weighted by Gasteiger charge is -2.21. The number of hydrogen-bond donors (Lipinski definition) is 2. The zero-order valence-electron chi connectivity index (χ0n) is 10.7. The highest BCUT2D eigenvalue weighted by Gasteiger charge is 2.43. The number of carbonyl (C=O) groups excluding carboxylic acids is 1. The zero-order chi connectivity index (χ0) is 11.5. The molecule has 2 rings (SSSR count). The molecule has 0 aromatic heterocycles. The first kappa shape index (κ1) is 14.8. The number of carbonyl (C=O) groups is 1. The topological polar surface area (TPSA) is 55.1 Å². The van der Waals surface area contributed by atoms with Crippen LogP contribution in [0.5, 0.6) is 0 Å². The van der Waals surface area contributed by atoms with Gasteiger partial charge in [0.2, 0.25) is 5.91 Å². The maximum Gasteiger partial charge on any atom is 0.221 e. The molecule has 0 saturated heterocycles. The van der Waals surface area contributed by atoms with Gasteiger partial charge in [-0.25, -0.2) is 0 Å². The average molecular weight is 261 g/mol. The molecule has 0 bridgehead atoms. The third kappa shape index (κ3) is 4.47. The third-order valence-corrected chi connectivity index (χ3v) is 3.95. The van der Waals surface area contributed by atoms with E-state index in [-0.39, 0.29) is 24.4 Å². The Balaban J connectivity index is 0.00000144. The van der Waals surface area contributed by atoms with E-state index >= 15 is 0 Å². The summed E-state index contributed by atoms with van der Waals surface area (Å²) in [5.74, 6) is 1.80. The summed E-state index contributed by atoms with van der Waals surface area (Å²) >= 11 is 0. The van der Waals surface area contributed by atoms with Gasteiger partial charge in [0.15, 0.2) is 0 Å². The second-order valence-corrected chi connectivity index (χ2v) is 5.65. The largest absolute Gasteiger partial charge is 0.353 e. The van der Waals surface area contributed by atoms with Crippen LogP contribution in [-0.2, 0) is 4.79 Å². The number of nitrogens with two attached hydrogens (primary N) is 1. The van der Waals surface area contributed by atoms with Crippen LogP contribution in [-0.4, -0.2) is 18.0 Å². The second-order valence-electron chi connectivity index (χ2n) is 5.65. The van der Waals surface area contributed by atoms with E-state index in [1.165, 1.54) is 38.5 Å². The molecule has 2 aliphatic rings. The Kier molecular flexibility index (Phi) is 5.74. The van der Waals surface area contributed by atoms with Crippen LogP contribution in [0.25, 0.3) is 0 Å². The van der Waals surface area contributed by atoms with E-state index in [2.05, 4.69) is 5.32 Å². The first-order valence-electron chi connectivity index (χ1n) is 6.71. The molecule has 3 nitrogen and oxygen atoms in total. The van der Waals surface area contributed by atoms with E-state index in [1.54, 1.807) is 0 Å². The van der Waals surface area contributed by atoms with Gasteiger partial charge in [0, 0.05) is 18.5 Å². The number of hydrogen-bond acceptors (Lipinski definition) is 2. The van der Waals surface area contributed by atoms with Gasteiger partial charge in [0.1, 0.15) is 0 Å². The van der Waals surface area contributed by atoms with Crippen LogP contribution in [0.4, 0.5) is 0 Å². The predicted molar refractivity (Wildman–Crippen MR) is 72.1 cm³/mol. The molecule has 0 radical (unpaired) electrons. The van der Waals surface area contributed by atoms with Crippen molar-refractivity contribution < 1.29 is 4.79 Å². The van der Waals surface area contributed by atoms with Crippen LogP contribution in [0.1, 0.15) is 51.9 Å². The molecule has 17 heavy (non-hydrogen) atoms. The summed E-state index contributed by atoms with van der Waals surface area (Å²) < 4.78 is 0. The van der Waals surface area contributed by atoms with E-state index < -0.39 is 0 Å². The summed E-state index contributed by atoms with van der Waals surface area (Å²) in [6.45, 7) is 1.88. The molecular weight excluding hydrogens is 236 g/mol. The van der Waals surface area contributed by atoms with Gasteiger partial charge < -0.3 is 11.1 Å². The molecule has 2 aliphatic carbocycles. The van der Waals surface area contributed by atoms with E-state index in [1.807, 2.05) is 6.92 Å². The standard InChI is InChI=1S/C13H24N2O.ClH/c1-9(14)7-13(16)15-12-8-11(12)10-5-3-2-4-6-10;/h9-12H,2-8,14H2,1H3,(H,15,16);1H. The Morgan fingerprint density at radius 2 is 2.00 bits per heavy atom.